The lowest BCUT2D eigenvalue weighted by Gasteiger charge is -2.17. The lowest BCUT2D eigenvalue weighted by atomic mass is 10.1. The lowest BCUT2D eigenvalue weighted by molar-refractivity contribution is -0.118. The van der Waals surface area contributed by atoms with Crippen molar-refractivity contribution in [2.24, 2.45) is 5.73 Å². The molecule has 104 valence electrons. The average molecular weight is 293 g/mol. The number of primary amides is 1. The summed E-state index contributed by atoms with van der Waals surface area (Å²) in [4.78, 5) is 11.6. The molecule has 0 bridgehead atoms. The molecule has 0 aliphatic heterocycles. The summed E-state index contributed by atoms with van der Waals surface area (Å²) < 4.78 is 13.5. The molecule has 0 radical (unpaired) electrons. The number of carbonyl (C=O) groups is 1. The van der Waals surface area contributed by atoms with Crippen LogP contribution >= 0.6 is 11.6 Å². The summed E-state index contributed by atoms with van der Waals surface area (Å²) in [6.45, 7) is 1.94. The van der Waals surface area contributed by atoms with Gasteiger partial charge in [-0.1, -0.05) is 29.8 Å². The lowest BCUT2D eigenvalue weighted by Crippen LogP contribution is -2.27. The van der Waals surface area contributed by atoms with Crippen LogP contribution in [0.5, 0.6) is 0 Å². The number of aryl methyl sites for hydroxylation is 1. The van der Waals surface area contributed by atoms with Crippen LogP contribution in [-0.2, 0) is 4.79 Å². The summed E-state index contributed by atoms with van der Waals surface area (Å²) in [5.74, 6) is -1.17. The van der Waals surface area contributed by atoms with Crippen molar-refractivity contribution in [3.8, 4) is 0 Å². The van der Waals surface area contributed by atoms with E-state index in [2.05, 4.69) is 5.32 Å². The monoisotopic (exact) mass is 292 g/mol. The second-order valence-corrected chi connectivity index (χ2v) is 4.93. The molecule has 0 aliphatic carbocycles. The Balaban J connectivity index is 2.32. The average Bonchev–Trinajstić information content (AvgIpc) is 2.39. The number of hydrogen-bond acceptors (Lipinski definition) is 2. The third-order valence-corrected chi connectivity index (χ3v) is 3.20. The van der Waals surface area contributed by atoms with Crippen molar-refractivity contribution in [2.45, 2.75) is 13.0 Å². The minimum atomic E-state index is -0.816. The van der Waals surface area contributed by atoms with Gasteiger partial charge in [0.15, 0.2) is 0 Å². The molecule has 2 aromatic rings. The molecule has 0 saturated carbocycles. The summed E-state index contributed by atoms with van der Waals surface area (Å²) in [5.41, 5.74) is 7.60. The van der Waals surface area contributed by atoms with Gasteiger partial charge in [-0.25, -0.2) is 4.39 Å². The number of nitrogens with one attached hydrogen (secondary N) is 1. The van der Waals surface area contributed by atoms with E-state index in [0.717, 1.165) is 11.3 Å². The number of anilines is 1. The van der Waals surface area contributed by atoms with Crippen molar-refractivity contribution in [3.63, 3.8) is 0 Å². The molecule has 0 fully saturated rings. The third kappa shape index (κ3) is 3.27. The van der Waals surface area contributed by atoms with Crippen LogP contribution in [0.2, 0.25) is 5.02 Å². The number of rotatable bonds is 4. The first-order valence-electron chi connectivity index (χ1n) is 6.05. The Morgan fingerprint density at radius 2 is 2.05 bits per heavy atom. The standard InChI is InChI=1S/C15H14ClFN2O/c1-9-3-2-4-11(7-9)19-14(15(18)20)10-5-6-12(16)13(17)8-10/h2-8,14,19H,1H3,(H2,18,20). The molecule has 0 aromatic heterocycles. The molecule has 2 rings (SSSR count). The van der Waals surface area contributed by atoms with Gasteiger partial charge in [-0.3, -0.25) is 4.79 Å². The molecular weight excluding hydrogens is 279 g/mol. The van der Waals surface area contributed by atoms with Crippen LogP contribution in [0.1, 0.15) is 17.2 Å². The highest BCUT2D eigenvalue weighted by Gasteiger charge is 2.19. The van der Waals surface area contributed by atoms with E-state index < -0.39 is 17.8 Å². The molecule has 0 heterocycles. The largest absolute Gasteiger partial charge is 0.370 e. The molecule has 1 atom stereocenters. The third-order valence-electron chi connectivity index (χ3n) is 2.89. The molecule has 3 N–H and O–H groups in total. The molecule has 1 amide bonds. The molecular formula is C15H14ClFN2O. The number of hydrogen-bond donors (Lipinski definition) is 2. The maximum absolute atomic E-state index is 13.5. The first-order chi connectivity index (χ1) is 9.47. The van der Waals surface area contributed by atoms with Crippen molar-refractivity contribution in [1.29, 1.82) is 0 Å². The normalized spacial score (nSPS) is 11.9. The summed E-state index contributed by atoms with van der Waals surface area (Å²) in [7, 11) is 0. The van der Waals surface area contributed by atoms with Crippen LogP contribution in [-0.4, -0.2) is 5.91 Å². The maximum Gasteiger partial charge on any atom is 0.244 e. The number of amides is 1. The number of benzene rings is 2. The first kappa shape index (κ1) is 14.3. The van der Waals surface area contributed by atoms with E-state index in [1.165, 1.54) is 12.1 Å². The molecule has 1 unspecified atom stereocenters. The van der Waals surface area contributed by atoms with Crippen LogP contribution in [0, 0.1) is 12.7 Å². The number of halogens is 2. The smallest absolute Gasteiger partial charge is 0.244 e. The van der Waals surface area contributed by atoms with E-state index in [9.17, 15) is 9.18 Å². The Morgan fingerprint density at radius 3 is 2.65 bits per heavy atom. The van der Waals surface area contributed by atoms with Gasteiger partial charge in [0.05, 0.1) is 5.02 Å². The van der Waals surface area contributed by atoms with Gasteiger partial charge in [0.2, 0.25) is 5.91 Å². The fourth-order valence-corrected chi connectivity index (χ4v) is 2.03. The van der Waals surface area contributed by atoms with E-state index in [-0.39, 0.29) is 5.02 Å². The number of nitrogens with two attached hydrogens (primary N) is 1. The first-order valence-corrected chi connectivity index (χ1v) is 6.42. The summed E-state index contributed by atoms with van der Waals surface area (Å²) in [5, 5.41) is 3.00. The highest BCUT2D eigenvalue weighted by atomic mass is 35.5. The van der Waals surface area contributed by atoms with E-state index in [1.807, 2.05) is 31.2 Å². The SMILES string of the molecule is Cc1cccc(NC(C(N)=O)c2ccc(Cl)c(F)c2)c1. The van der Waals surface area contributed by atoms with Gasteiger partial charge >= 0.3 is 0 Å². The molecule has 5 heteroatoms. The highest BCUT2D eigenvalue weighted by Crippen LogP contribution is 2.24. The van der Waals surface area contributed by atoms with Crippen molar-refractivity contribution >= 4 is 23.2 Å². The van der Waals surface area contributed by atoms with Crippen molar-refractivity contribution in [3.05, 3.63) is 64.4 Å². The van der Waals surface area contributed by atoms with Gasteiger partial charge in [-0.2, -0.15) is 0 Å². The predicted octanol–water partition coefficient (Wildman–Crippen LogP) is 3.43. The van der Waals surface area contributed by atoms with Crippen LogP contribution in [0.25, 0.3) is 0 Å². The Kier molecular flexibility index (Phi) is 4.25. The van der Waals surface area contributed by atoms with Gasteiger partial charge in [-0.05, 0) is 42.3 Å². The Bertz CT molecular complexity index is 646. The van der Waals surface area contributed by atoms with Crippen molar-refractivity contribution in [1.82, 2.24) is 0 Å². The molecule has 0 saturated heterocycles. The Morgan fingerprint density at radius 1 is 1.30 bits per heavy atom. The van der Waals surface area contributed by atoms with Gasteiger partial charge in [0, 0.05) is 5.69 Å². The van der Waals surface area contributed by atoms with Gasteiger partial charge in [0.1, 0.15) is 11.9 Å². The fourth-order valence-electron chi connectivity index (χ4n) is 1.91. The molecule has 2 aromatic carbocycles. The second kappa shape index (κ2) is 5.92. The topological polar surface area (TPSA) is 55.1 Å². The van der Waals surface area contributed by atoms with E-state index in [4.69, 9.17) is 17.3 Å². The van der Waals surface area contributed by atoms with E-state index >= 15 is 0 Å². The summed E-state index contributed by atoms with van der Waals surface area (Å²) in [6.07, 6.45) is 0. The van der Waals surface area contributed by atoms with Gasteiger partial charge in [-0.15, -0.1) is 0 Å². The molecule has 20 heavy (non-hydrogen) atoms. The van der Waals surface area contributed by atoms with Crippen molar-refractivity contribution in [2.75, 3.05) is 5.32 Å². The highest BCUT2D eigenvalue weighted by molar-refractivity contribution is 6.30. The van der Waals surface area contributed by atoms with Crippen LogP contribution in [0.3, 0.4) is 0 Å². The Labute approximate surface area is 121 Å². The summed E-state index contributed by atoms with van der Waals surface area (Å²) >= 11 is 5.63. The predicted molar refractivity (Wildman–Crippen MR) is 78.1 cm³/mol. The van der Waals surface area contributed by atoms with E-state index in [0.29, 0.717) is 5.56 Å². The van der Waals surface area contributed by atoms with Crippen LogP contribution < -0.4 is 11.1 Å². The minimum absolute atomic E-state index is 0.00697. The van der Waals surface area contributed by atoms with Gasteiger partial charge in [0.25, 0.3) is 0 Å². The molecule has 0 aliphatic rings. The fraction of sp³-hybridized carbons (Fsp3) is 0.133. The van der Waals surface area contributed by atoms with Crippen LogP contribution in [0.4, 0.5) is 10.1 Å². The quantitative estimate of drug-likeness (QED) is 0.907. The zero-order valence-electron chi connectivity index (χ0n) is 10.9. The van der Waals surface area contributed by atoms with Gasteiger partial charge < -0.3 is 11.1 Å². The van der Waals surface area contributed by atoms with Crippen molar-refractivity contribution < 1.29 is 9.18 Å². The minimum Gasteiger partial charge on any atom is -0.370 e. The molecule has 3 nitrogen and oxygen atoms in total. The molecule has 0 spiro atoms. The maximum atomic E-state index is 13.5. The van der Waals surface area contributed by atoms with Crippen LogP contribution in [0.15, 0.2) is 42.5 Å². The summed E-state index contributed by atoms with van der Waals surface area (Å²) in [6, 6.07) is 10.9. The zero-order valence-corrected chi connectivity index (χ0v) is 11.6. The second-order valence-electron chi connectivity index (χ2n) is 4.52. The van der Waals surface area contributed by atoms with E-state index in [1.54, 1.807) is 6.07 Å². The zero-order chi connectivity index (χ0) is 14.7. The Hall–Kier alpha value is -2.07. The number of carbonyl (C=O) groups excluding carboxylic acids is 1.